The largest absolute Gasteiger partial charge is 0.362 e. The number of aromatic nitrogens is 5. The lowest BCUT2D eigenvalue weighted by Gasteiger charge is -2.18. The number of anilines is 1. The first-order valence-electron chi connectivity index (χ1n) is 8.69. The molecule has 7 heteroatoms. The highest BCUT2D eigenvalue weighted by Gasteiger charge is 2.23. The molecule has 0 bridgehead atoms. The van der Waals surface area contributed by atoms with Gasteiger partial charge in [-0.15, -0.1) is 21.5 Å². The number of thiophene rings is 1. The molecule has 24 heavy (non-hydrogen) atoms. The summed E-state index contributed by atoms with van der Waals surface area (Å²) in [6.45, 7) is 4.04. The summed E-state index contributed by atoms with van der Waals surface area (Å²) in [6.07, 6.45) is 7.45. The Morgan fingerprint density at radius 3 is 3.21 bits per heavy atom. The van der Waals surface area contributed by atoms with Crippen molar-refractivity contribution in [2.24, 2.45) is 5.92 Å². The van der Waals surface area contributed by atoms with E-state index in [-0.39, 0.29) is 0 Å². The molecule has 4 heterocycles. The minimum absolute atomic E-state index is 0.667. The number of rotatable bonds is 3. The first-order chi connectivity index (χ1) is 11.8. The minimum atomic E-state index is 0.667. The SMILES string of the molecule is C[C@@H]1CCc2c(sc3ncnc(NCc4nnc5n4CCC5)c23)C1. The average Bonchev–Trinajstić information content (AvgIpc) is 3.26. The van der Waals surface area contributed by atoms with Crippen LogP contribution in [0.5, 0.6) is 0 Å². The number of nitrogens with one attached hydrogen (secondary N) is 1. The summed E-state index contributed by atoms with van der Waals surface area (Å²) >= 11 is 1.84. The van der Waals surface area contributed by atoms with Gasteiger partial charge in [-0.1, -0.05) is 6.92 Å². The van der Waals surface area contributed by atoms with E-state index in [2.05, 4.69) is 37.0 Å². The molecule has 3 aromatic heterocycles. The lowest BCUT2D eigenvalue weighted by molar-refractivity contribution is 0.509. The highest BCUT2D eigenvalue weighted by atomic mass is 32.1. The maximum Gasteiger partial charge on any atom is 0.152 e. The number of aryl methyl sites for hydroxylation is 2. The summed E-state index contributed by atoms with van der Waals surface area (Å²) in [5.41, 5.74) is 1.46. The maximum absolute atomic E-state index is 4.53. The van der Waals surface area contributed by atoms with Crippen LogP contribution in [0, 0.1) is 5.92 Å². The smallest absolute Gasteiger partial charge is 0.152 e. The van der Waals surface area contributed by atoms with Crippen LogP contribution >= 0.6 is 11.3 Å². The van der Waals surface area contributed by atoms with Gasteiger partial charge in [0.2, 0.25) is 0 Å². The van der Waals surface area contributed by atoms with Gasteiger partial charge < -0.3 is 9.88 Å². The molecule has 1 aliphatic carbocycles. The quantitative estimate of drug-likeness (QED) is 0.794. The molecule has 6 nitrogen and oxygen atoms in total. The monoisotopic (exact) mass is 340 g/mol. The Bertz CT molecular complexity index is 911. The second kappa shape index (κ2) is 5.51. The zero-order valence-electron chi connectivity index (χ0n) is 13.7. The Hall–Kier alpha value is -2.02. The zero-order valence-corrected chi connectivity index (χ0v) is 14.6. The molecule has 0 aromatic carbocycles. The van der Waals surface area contributed by atoms with Crippen molar-refractivity contribution in [3.05, 3.63) is 28.4 Å². The molecule has 1 N–H and O–H groups in total. The van der Waals surface area contributed by atoms with Gasteiger partial charge in [0.15, 0.2) is 5.82 Å². The topological polar surface area (TPSA) is 68.5 Å². The Kier molecular flexibility index (Phi) is 3.29. The van der Waals surface area contributed by atoms with Crippen LogP contribution in [-0.4, -0.2) is 24.7 Å². The summed E-state index contributed by atoms with van der Waals surface area (Å²) in [4.78, 5) is 11.6. The lowest BCUT2D eigenvalue weighted by Crippen LogP contribution is -2.11. The van der Waals surface area contributed by atoms with Crippen LogP contribution < -0.4 is 5.32 Å². The third-order valence-corrected chi connectivity index (χ3v) is 6.35. The van der Waals surface area contributed by atoms with Crippen molar-refractivity contribution >= 4 is 27.4 Å². The van der Waals surface area contributed by atoms with Crippen LogP contribution in [0.4, 0.5) is 5.82 Å². The van der Waals surface area contributed by atoms with E-state index in [1.165, 1.54) is 35.1 Å². The maximum atomic E-state index is 4.53. The van der Waals surface area contributed by atoms with Crippen molar-refractivity contribution in [2.45, 2.75) is 52.1 Å². The van der Waals surface area contributed by atoms with E-state index in [1.807, 2.05) is 11.3 Å². The van der Waals surface area contributed by atoms with Gasteiger partial charge in [0, 0.05) is 17.8 Å². The summed E-state index contributed by atoms with van der Waals surface area (Å²) in [5.74, 6) is 3.84. The van der Waals surface area contributed by atoms with Crippen molar-refractivity contribution in [2.75, 3.05) is 5.32 Å². The van der Waals surface area contributed by atoms with Crippen molar-refractivity contribution in [1.82, 2.24) is 24.7 Å². The van der Waals surface area contributed by atoms with E-state index in [9.17, 15) is 0 Å². The van der Waals surface area contributed by atoms with E-state index in [0.29, 0.717) is 6.54 Å². The average molecular weight is 340 g/mol. The molecule has 0 spiro atoms. The highest BCUT2D eigenvalue weighted by molar-refractivity contribution is 7.19. The zero-order chi connectivity index (χ0) is 16.1. The summed E-state index contributed by atoms with van der Waals surface area (Å²) in [6, 6.07) is 0. The molecule has 0 radical (unpaired) electrons. The van der Waals surface area contributed by atoms with Gasteiger partial charge in [-0.25, -0.2) is 9.97 Å². The van der Waals surface area contributed by atoms with E-state index in [1.54, 1.807) is 6.33 Å². The Morgan fingerprint density at radius 1 is 1.29 bits per heavy atom. The first-order valence-corrected chi connectivity index (χ1v) is 9.51. The summed E-state index contributed by atoms with van der Waals surface area (Å²) in [5, 5.41) is 13.3. The lowest BCUT2D eigenvalue weighted by atomic mass is 9.89. The van der Waals surface area contributed by atoms with Crippen LogP contribution in [0.3, 0.4) is 0 Å². The van der Waals surface area contributed by atoms with Gasteiger partial charge >= 0.3 is 0 Å². The normalized spacial score (nSPS) is 19.5. The molecule has 0 saturated carbocycles. The van der Waals surface area contributed by atoms with E-state index < -0.39 is 0 Å². The highest BCUT2D eigenvalue weighted by Crippen LogP contribution is 2.39. The Labute approximate surface area is 144 Å². The summed E-state index contributed by atoms with van der Waals surface area (Å²) in [7, 11) is 0. The van der Waals surface area contributed by atoms with Crippen molar-refractivity contribution in [3.63, 3.8) is 0 Å². The van der Waals surface area contributed by atoms with Gasteiger partial charge in [0.05, 0.1) is 11.9 Å². The summed E-state index contributed by atoms with van der Waals surface area (Å²) < 4.78 is 2.23. The fourth-order valence-electron chi connectivity index (χ4n) is 3.91. The molecular weight excluding hydrogens is 320 g/mol. The molecule has 2 aliphatic rings. The van der Waals surface area contributed by atoms with Crippen LogP contribution in [-0.2, 0) is 32.4 Å². The minimum Gasteiger partial charge on any atom is -0.362 e. The molecule has 124 valence electrons. The molecule has 1 atom stereocenters. The van der Waals surface area contributed by atoms with Crippen molar-refractivity contribution in [1.29, 1.82) is 0 Å². The molecule has 1 aliphatic heterocycles. The van der Waals surface area contributed by atoms with E-state index >= 15 is 0 Å². The number of hydrogen-bond acceptors (Lipinski definition) is 6. The second-order valence-corrected chi connectivity index (χ2v) is 7.98. The molecule has 3 aromatic rings. The first kappa shape index (κ1) is 14.3. The van der Waals surface area contributed by atoms with Gasteiger partial charge in [0.1, 0.15) is 22.8 Å². The van der Waals surface area contributed by atoms with Crippen LogP contribution in [0.25, 0.3) is 10.2 Å². The van der Waals surface area contributed by atoms with Gasteiger partial charge in [-0.05, 0) is 37.2 Å². The Balaban J connectivity index is 1.48. The molecule has 0 unspecified atom stereocenters. The number of fused-ring (bicyclic) bond motifs is 4. The van der Waals surface area contributed by atoms with Crippen LogP contribution in [0.15, 0.2) is 6.33 Å². The second-order valence-electron chi connectivity index (χ2n) is 6.90. The number of hydrogen-bond donors (Lipinski definition) is 1. The standard InChI is InChI=1S/C17H20N6S/c1-10-4-5-11-12(7-10)24-17-15(11)16(19-9-20-17)18-8-14-22-21-13-3-2-6-23(13)14/h9-10H,2-8H2,1H3,(H,18,19,20)/t10-/m1/s1. The van der Waals surface area contributed by atoms with Crippen LogP contribution in [0.1, 0.15) is 41.9 Å². The fourth-order valence-corrected chi connectivity index (χ4v) is 5.26. The van der Waals surface area contributed by atoms with E-state index in [4.69, 9.17) is 0 Å². The Morgan fingerprint density at radius 2 is 2.25 bits per heavy atom. The fraction of sp³-hybridized carbons (Fsp3) is 0.529. The predicted molar refractivity (Wildman–Crippen MR) is 94.3 cm³/mol. The van der Waals surface area contributed by atoms with Gasteiger partial charge in [0.25, 0.3) is 0 Å². The predicted octanol–water partition coefficient (Wildman–Crippen LogP) is 2.97. The van der Waals surface area contributed by atoms with Gasteiger partial charge in [-0.2, -0.15) is 0 Å². The van der Waals surface area contributed by atoms with Crippen molar-refractivity contribution < 1.29 is 0 Å². The van der Waals surface area contributed by atoms with E-state index in [0.717, 1.165) is 47.6 Å². The molecule has 0 saturated heterocycles. The molecular formula is C17H20N6S. The van der Waals surface area contributed by atoms with Gasteiger partial charge in [-0.3, -0.25) is 0 Å². The third-order valence-electron chi connectivity index (χ3n) is 5.19. The van der Waals surface area contributed by atoms with Crippen LogP contribution in [0.2, 0.25) is 0 Å². The molecule has 5 rings (SSSR count). The molecule has 0 amide bonds. The number of nitrogens with zero attached hydrogens (tertiary/aromatic N) is 5. The van der Waals surface area contributed by atoms with Crippen molar-refractivity contribution in [3.8, 4) is 0 Å². The molecule has 0 fully saturated rings. The third kappa shape index (κ3) is 2.22.